The molecule has 0 bridgehead atoms. The zero-order valence-electron chi connectivity index (χ0n) is 10.1. The van der Waals surface area contributed by atoms with E-state index in [0.717, 1.165) is 6.42 Å². The number of carbonyl (C=O) groups is 2. The van der Waals surface area contributed by atoms with Crippen molar-refractivity contribution in [2.45, 2.75) is 12.8 Å². The first-order valence-corrected chi connectivity index (χ1v) is 7.10. The van der Waals surface area contributed by atoms with Gasteiger partial charge in [-0.1, -0.05) is 11.6 Å². The summed E-state index contributed by atoms with van der Waals surface area (Å²) >= 11 is 9.17. The van der Waals surface area contributed by atoms with Crippen molar-refractivity contribution in [3.63, 3.8) is 0 Å². The zero-order valence-corrected chi connectivity index (χ0v) is 12.4. The second kappa shape index (κ2) is 5.92. The Morgan fingerprint density at radius 3 is 2.84 bits per heavy atom. The van der Waals surface area contributed by atoms with Gasteiger partial charge in [0.15, 0.2) is 0 Å². The van der Waals surface area contributed by atoms with Crippen molar-refractivity contribution in [3.05, 3.63) is 33.3 Å². The van der Waals surface area contributed by atoms with Crippen molar-refractivity contribution in [3.8, 4) is 0 Å². The Balaban J connectivity index is 2.07. The van der Waals surface area contributed by atoms with E-state index >= 15 is 0 Å². The Hall–Kier alpha value is -1.07. The van der Waals surface area contributed by atoms with Crippen molar-refractivity contribution >= 4 is 39.4 Å². The van der Waals surface area contributed by atoms with Crippen molar-refractivity contribution in [1.82, 2.24) is 4.90 Å². The number of aliphatic carboxylic acids is 1. The first-order chi connectivity index (χ1) is 8.97. The van der Waals surface area contributed by atoms with Crippen LogP contribution in [-0.4, -0.2) is 35.0 Å². The summed E-state index contributed by atoms with van der Waals surface area (Å²) in [5, 5.41) is 9.33. The summed E-state index contributed by atoms with van der Waals surface area (Å²) in [6.07, 6.45) is 0.856. The number of amides is 1. The van der Waals surface area contributed by atoms with Gasteiger partial charge in [-0.3, -0.25) is 9.59 Å². The maximum atomic E-state index is 12.3. The molecule has 0 radical (unpaired) electrons. The van der Waals surface area contributed by atoms with E-state index in [1.165, 1.54) is 0 Å². The minimum atomic E-state index is -0.813. The molecule has 1 atom stereocenters. The first kappa shape index (κ1) is 14.3. The highest BCUT2D eigenvalue weighted by atomic mass is 79.9. The minimum absolute atomic E-state index is 0.0486. The highest BCUT2D eigenvalue weighted by Gasteiger charge is 2.29. The summed E-state index contributed by atoms with van der Waals surface area (Å²) in [6.45, 7) is 1.10. The fraction of sp³-hybridized carbons (Fsp3) is 0.385. The van der Waals surface area contributed by atoms with E-state index in [1.807, 2.05) is 0 Å². The van der Waals surface area contributed by atoms with Crippen molar-refractivity contribution in [2.75, 3.05) is 13.1 Å². The second-order valence-corrected chi connectivity index (χ2v) is 5.92. The predicted octanol–water partition coefficient (Wildman–Crippen LogP) is 3.04. The van der Waals surface area contributed by atoms with Gasteiger partial charge in [-0.15, -0.1) is 0 Å². The van der Waals surface area contributed by atoms with E-state index < -0.39 is 5.97 Å². The number of nitrogens with zero attached hydrogens (tertiary/aromatic N) is 1. The highest BCUT2D eigenvalue weighted by molar-refractivity contribution is 9.10. The van der Waals surface area contributed by atoms with Crippen LogP contribution in [0.15, 0.2) is 22.7 Å². The largest absolute Gasteiger partial charge is 0.481 e. The molecule has 1 aromatic carbocycles. The molecule has 102 valence electrons. The molecule has 1 aliphatic rings. The minimum Gasteiger partial charge on any atom is -0.481 e. The number of rotatable bonds is 3. The quantitative estimate of drug-likeness (QED) is 0.915. The summed E-state index contributed by atoms with van der Waals surface area (Å²) in [5.41, 5.74) is 0.556. The number of likely N-dealkylation sites (tertiary alicyclic amines) is 1. The Kier molecular flexibility index (Phi) is 4.47. The molecule has 1 unspecified atom stereocenters. The van der Waals surface area contributed by atoms with Crippen LogP contribution in [0.1, 0.15) is 23.2 Å². The molecule has 1 saturated heterocycles. The van der Waals surface area contributed by atoms with Crippen LogP contribution in [0, 0.1) is 5.92 Å². The van der Waals surface area contributed by atoms with Gasteiger partial charge in [-0.25, -0.2) is 0 Å². The van der Waals surface area contributed by atoms with Gasteiger partial charge >= 0.3 is 5.97 Å². The standard InChI is InChI=1S/C13H13BrClNO3/c14-11-6-9(15)1-2-10(11)13(19)16-4-3-8(7-16)5-12(17)18/h1-2,6,8H,3-5,7H2,(H,17,18). The number of halogens is 2. The van der Waals surface area contributed by atoms with Gasteiger partial charge in [-0.05, 0) is 46.5 Å². The third kappa shape index (κ3) is 3.48. The van der Waals surface area contributed by atoms with Crippen LogP contribution >= 0.6 is 27.5 Å². The number of carboxylic acid groups (broad SMARTS) is 1. The fourth-order valence-corrected chi connectivity index (χ4v) is 3.12. The zero-order chi connectivity index (χ0) is 14.0. The lowest BCUT2D eigenvalue weighted by Gasteiger charge is -2.17. The summed E-state index contributed by atoms with van der Waals surface area (Å²) in [6, 6.07) is 5.03. The van der Waals surface area contributed by atoms with Gasteiger partial charge in [0.25, 0.3) is 5.91 Å². The van der Waals surface area contributed by atoms with Crippen LogP contribution in [0.5, 0.6) is 0 Å². The molecule has 1 heterocycles. The van der Waals surface area contributed by atoms with Gasteiger partial charge in [0, 0.05) is 29.0 Å². The Bertz CT molecular complexity index is 521. The normalized spacial score (nSPS) is 18.6. The van der Waals surface area contributed by atoms with Crippen LogP contribution in [0.3, 0.4) is 0 Å². The van der Waals surface area contributed by atoms with Gasteiger partial charge in [0.1, 0.15) is 0 Å². The molecule has 19 heavy (non-hydrogen) atoms. The predicted molar refractivity (Wildman–Crippen MR) is 75.4 cm³/mol. The lowest BCUT2D eigenvalue weighted by molar-refractivity contribution is -0.138. The Morgan fingerprint density at radius 2 is 2.21 bits per heavy atom. The van der Waals surface area contributed by atoms with Crippen molar-refractivity contribution in [1.29, 1.82) is 0 Å². The average molecular weight is 347 g/mol. The topological polar surface area (TPSA) is 57.6 Å². The molecule has 1 aromatic rings. The van der Waals surface area contributed by atoms with Crippen molar-refractivity contribution < 1.29 is 14.7 Å². The number of hydrogen-bond acceptors (Lipinski definition) is 2. The lowest BCUT2D eigenvalue weighted by atomic mass is 10.1. The molecule has 1 amide bonds. The molecule has 0 saturated carbocycles. The lowest BCUT2D eigenvalue weighted by Crippen LogP contribution is -2.29. The van der Waals surface area contributed by atoms with Gasteiger partial charge in [-0.2, -0.15) is 0 Å². The monoisotopic (exact) mass is 345 g/mol. The molecular formula is C13H13BrClNO3. The molecule has 6 heteroatoms. The number of carboxylic acids is 1. The van der Waals surface area contributed by atoms with E-state index in [1.54, 1.807) is 23.1 Å². The molecule has 1 aliphatic heterocycles. The van der Waals surface area contributed by atoms with E-state index in [0.29, 0.717) is 28.1 Å². The van der Waals surface area contributed by atoms with Crippen molar-refractivity contribution in [2.24, 2.45) is 5.92 Å². The molecule has 0 aromatic heterocycles. The molecule has 0 spiro atoms. The smallest absolute Gasteiger partial charge is 0.303 e. The second-order valence-electron chi connectivity index (χ2n) is 4.63. The van der Waals surface area contributed by atoms with E-state index in [2.05, 4.69) is 15.9 Å². The third-order valence-electron chi connectivity index (χ3n) is 3.20. The maximum absolute atomic E-state index is 12.3. The summed E-state index contributed by atoms with van der Waals surface area (Å²) in [4.78, 5) is 24.7. The highest BCUT2D eigenvalue weighted by Crippen LogP contribution is 2.26. The van der Waals surface area contributed by atoms with Crippen LogP contribution in [-0.2, 0) is 4.79 Å². The Morgan fingerprint density at radius 1 is 1.47 bits per heavy atom. The summed E-state index contributed by atoms with van der Waals surface area (Å²) in [5.74, 6) is -0.851. The molecule has 1 N–H and O–H groups in total. The Labute approximate surface area is 124 Å². The van der Waals surface area contributed by atoms with Crippen LogP contribution in [0.4, 0.5) is 0 Å². The van der Waals surface area contributed by atoms with Crippen LogP contribution in [0.2, 0.25) is 5.02 Å². The van der Waals surface area contributed by atoms with E-state index in [-0.39, 0.29) is 18.2 Å². The summed E-state index contributed by atoms with van der Waals surface area (Å²) in [7, 11) is 0. The molecule has 2 rings (SSSR count). The number of benzene rings is 1. The molecule has 0 aliphatic carbocycles. The molecule has 4 nitrogen and oxygen atoms in total. The SMILES string of the molecule is O=C(O)CC1CCN(C(=O)c2ccc(Cl)cc2Br)C1. The van der Waals surface area contributed by atoms with Gasteiger partial charge in [0.2, 0.25) is 0 Å². The number of carbonyl (C=O) groups excluding carboxylic acids is 1. The van der Waals surface area contributed by atoms with E-state index in [9.17, 15) is 9.59 Å². The average Bonchev–Trinajstić information content (AvgIpc) is 2.75. The maximum Gasteiger partial charge on any atom is 0.303 e. The molecule has 1 fully saturated rings. The fourth-order valence-electron chi connectivity index (χ4n) is 2.26. The third-order valence-corrected chi connectivity index (χ3v) is 4.09. The first-order valence-electron chi connectivity index (χ1n) is 5.93. The molecular weight excluding hydrogens is 334 g/mol. The number of hydrogen-bond donors (Lipinski definition) is 1. The summed E-state index contributed by atoms with van der Waals surface area (Å²) < 4.78 is 0.659. The van der Waals surface area contributed by atoms with E-state index in [4.69, 9.17) is 16.7 Å². The van der Waals surface area contributed by atoms with Gasteiger partial charge < -0.3 is 10.0 Å². The van der Waals surface area contributed by atoms with Gasteiger partial charge in [0.05, 0.1) is 5.56 Å². The van der Waals surface area contributed by atoms with Crippen LogP contribution in [0.25, 0.3) is 0 Å². The van der Waals surface area contributed by atoms with Crippen LogP contribution < -0.4 is 0 Å².